The first-order valence-electron chi connectivity index (χ1n) is 4.99. The van der Waals surface area contributed by atoms with Crippen LogP contribution in [0.3, 0.4) is 0 Å². The van der Waals surface area contributed by atoms with Crippen LogP contribution in [0, 0.1) is 0 Å². The Balaban J connectivity index is 2.72. The van der Waals surface area contributed by atoms with Crippen LogP contribution in [0.4, 0.5) is 0 Å². The number of nitrogens with one attached hydrogen (secondary N) is 1. The van der Waals surface area contributed by atoms with Gasteiger partial charge in [0.1, 0.15) is 0 Å². The van der Waals surface area contributed by atoms with E-state index < -0.39 is 0 Å². The minimum absolute atomic E-state index is 0.116. The molecule has 1 aromatic heterocycles. The maximum atomic E-state index is 11.5. The van der Waals surface area contributed by atoms with E-state index in [1.807, 2.05) is 19.1 Å². The molecule has 0 spiro atoms. The predicted molar refractivity (Wildman–Crippen MR) is 61.2 cm³/mol. The van der Waals surface area contributed by atoms with E-state index >= 15 is 0 Å². The number of hydroxylamine groups is 1. The van der Waals surface area contributed by atoms with Gasteiger partial charge >= 0.3 is 96.2 Å². The first-order valence-corrected chi connectivity index (χ1v) is 6.71. The molecule has 0 aromatic carbocycles. The van der Waals surface area contributed by atoms with Crippen molar-refractivity contribution in [3.63, 3.8) is 0 Å². The molecule has 0 aliphatic rings. The fourth-order valence-corrected chi connectivity index (χ4v) is 3.01. The molecule has 0 atom stereocenters. The van der Waals surface area contributed by atoms with E-state index in [1.54, 1.807) is 0 Å². The molecule has 1 aromatic rings. The van der Waals surface area contributed by atoms with Gasteiger partial charge in [-0.2, -0.15) is 0 Å². The van der Waals surface area contributed by atoms with Crippen molar-refractivity contribution in [2.75, 3.05) is 6.54 Å². The molecule has 84 valence electrons. The summed E-state index contributed by atoms with van der Waals surface area (Å²) in [5.74, 6) is -0.243. The predicted octanol–water partition coefficient (Wildman–Crippen LogP) is 1.72. The minimum atomic E-state index is -0.243. The zero-order valence-electron chi connectivity index (χ0n) is 9.59. The van der Waals surface area contributed by atoms with Gasteiger partial charge in [0.15, 0.2) is 0 Å². The Hall–Kier alpha value is -0.571. The molecule has 0 aliphatic heterocycles. The van der Waals surface area contributed by atoms with Crippen molar-refractivity contribution >= 4 is 20.5 Å². The fourth-order valence-electron chi connectivity index (χ4n) is 1.04. The Morgan fingerprint density at radius 1 is 1.47 bits per heavy atom. The molecule has 0 saturated carbocycles. The normalized spacial score (nSPS) is 11.5. The molecule has 15 heavy (non-hydrogen) atoms. The summed E-state index contributed by atoms with van der Waals surface area (Å²) in [4.78, 5) is 16.4. The van der Waals surface area contributed by atoms with Crippen LogP contribution >= 0.6 is 0 Å². The van der Waals surface area contributed by atoms with Gasteiger partial charge in [0, 0.05) is 0 Å². The third kappa shape index (κ3) is 3.49. The van der Waals surface area contributed by atoms with Crippen LogP contribution in [0.5, 0.6) is 0 Å². The summed E-state index contributed by atoms with van der Waals surface area (Å²) in [5.41, 5.74) is 2.72. The zero-order chi connectivity index (χ0) is 11.5. The summed E-state index contributed by atoms with van der Waals surface area (Å²) in [6, 6.07) is 3.92. The van der Waals surface area contributed by atoms with Crippen molar-refractivity contribution in [2.24, 2.45) is 0 Å². The molecular weight excluding hydrogens is 257 g/mol. The zero-order valence-corrected chi connectivity index (χ0v) is 11.3. The van der Waals surface area contributed by atoms with Crippen molar-refractivity contribution in [1.82, 2.24) is 5.48 Å². The Morgan fingerprint density at radius 3 is 2.60 bits per heavy atom. The molecule has 0 bridgehead atoms. The second-order valence-corrected chi connectivity index (χ2v) is 6.58. The second-order valence-electron chi connectivity index (χ2n) is 4.30. The van der Waals surface area contributed by atoms with E-state index in [0.717, 1.165) is 4.44 Å². The van der Waals surface area contributed by atoms with E-state index in [4.69, 9.17) is 4.84 Å². The molecule has 0 aliphatic carbocycles. The molecule has 4 heteroatoms. The quantitative estimate of drug-likeness (QED) is 0.674. The van der Waals surface area contributed by atoms with E-state index in [9.17, 15) is 4.79 Å². The number of hydrogen-bond acceptors (Lipinski definition) is 3. The van der Waals surface area contributed by atoms with Crippen LogP contribution in [0.1, 0.15) is 41.4 Å². The summed E-state index contributed by atoms with van der Waals surface area (Å²) in [7, 11) is 0. The summed E-state index contributed by atoms with van der Waals surface area (Å²) in [6.45, 7) is 9.00. The molecule has 0 saturated heterocycles. The molecule has 0 unspecified atom stereocenters. The van der Waals surface area contributed by atoms with Crippen LogP contribution in [0.15, 0.2) is 12.1 Å². The van der Waals surface area contributed by atoms with E-state index in [1.165, 1.54) is 4.44 Å². The maximum absolute atomic E-state index is 11.5. The van der Waals surface area contributed by atoms with Gasteiger partial charge < -0.3 is 0 Å². The van der Waals surface area contributed by atoms with Gasteiger partial charge in [0.05, 0.1) is 0 Å². The van der Waals surface area contributed by atoms with Crippen molar-refractivity contribution in [1.29, 1.82) is 0 Å². The molecule has 0 fully saturated rings. The topological polar surface area (TPSA) is 38.3 Å². The number of carbonyl (C=O) groups is 1. The first-order chi connectivity index (χ1) is 6.95. The summed E-state index contributed by atoms with van der Waals surface area (Å²) >= 11 is 0.116. The summed E-state index contributed by atoms with van der Waals surface area (Å²) in [6.07, 6.45) is 0. The molecule has 1 rings (SSSR count). The molecule has 3 nitrogen and oxygen atoms in total. The molecule has 1 N–H and O–H groups in total. The number of rotatable bonds is 3. The van der Waals surface area contributed by atoms with Crippen LogP contribution in [-0.2, 0) is 10.3 Å². The number of hydrogen-bond donors (Lipinski definition) is 1. The summed E-state index contributed by atoms with van der Waals surface area (Å²) in [5, 5.41) is 0. The average Bonchev–Trinajstić information content (AvgIpc) is 2.62. The standard InChI is InChI=1S/C11H17NO2Se/c1-5-12-14-10(13)8-6-7-9(15-8)11(2,3)4/h6-7,12H,5H2,1-4H3. The molecule has 0 radical (unpaired) electrons. The Bertz CT molecular complexity index is 339. The van der Waals surface area contributed by atoms with Gasteiger partial charge in [-0.3, -0.25) is 0 Å². The van der Waals surface area contributed by atoms with Crippen LogP contribution < -0.4 is 5.48 Å². The number of carbonyl (C=O) groups excluding carboxylic acids is 1. The Morgan fingerprint density at radius 2 is 2.13 bits per heavy atom. The van der Waals surface area contributed by atoms with E-state index in [2.05, 4.69) is 26.3 Å². The first kappa shape index (κ1) is 12.5. The Kier molecular flexibility index (Phi) is 4.14. The van der Waals surface area contributed by atoms with Gasteiger partial charge in [-0.1, -0.05) is 0 Å². The van der Waals surface area contributed by atoms with Crippen molar-refractivity contribution < 1.29 is 9.63 Å². The van der Waals surface area contributed by atoms with Gasteiger partial charge in [0.2, 0.25) is 0 Å². The van der Waals surface area contributed by atoms with Gasteiger partial charge in [-0.15, -0.1) is 0 Å². The average molecular weight is 274 g/mol. The van der Waals surface area contributed by atoms with Crippen molar-refractivity contribution in [2.45, 2.75) is 33.1 Å². The third-order valence-electron chi connectivity index (χ3n) is 1.86. The van der Waals surface area contributed by atoms with Crippen molar-refractivity contribution in [3.8, 4) is 0 Å². The SMILES string of the molecule is CCNOC(=O)c1ccc(C(C)(C)C)[se]1. The van der Waals surface area contributed by atoms with Crippen LogP contribution in [0.25, 0.3) is 0 Å². The molecule has 1 heterocycles. The molecular formula is C11H17NO2Se. The monoisotopic (exact) mass is 275 g/mol. The third-order valence-corrected chi connectivity index (χ3v) is 4.98. The second kappa shape index (κ2) is 4.97. The van der Waals surface area contributed by atoms with Crippen LogP contribution in [0.2, 0.25) is 0 Å². The van der Waals surface area contributed by atoms with Gasteiger partial charge in [-0.25, -0.2) is 0 Å². The molecule has 0 amide bonds. The van der Waals surface area contributed by atoms with E-state index in [0.29, 0.717) is 6.54 Å². The van der Waals surface area contributed by atoms with Crippen LogP contribution in [-0.4, -0.2) is 27.0 Å². The fraction of sp³-hybridized carbons (Fsp3) is 0.545. The van der Waals surface area contributed by atoms with E-state index in [-0.39, 0.29) is 25.9 Å². The van der Waals surface area contributed by atoms with Gasteiger partial charge in [0.25, 0.3) is 0 Å². The van der Waals surface area contributed by atoms with Crippen molar-refractivity contribution in [3.05, 3.63) is 21.0 Å². The summed E-state index contributed by atoms with van der Waals surface area (Å²) < 4.78 is 2.12. The Labute approximate surface area is 96.5 Å². The van der Waals surface area contributed by atoms with Gasteiger partial charge in [-0.05, 0) is 0 Å².